The van der Waals surface area contributed by atoms with Crippen LogP contribution >= 0.6 is 0 Å². The van der Waals surface area contributed by atoms with Crippen LogP contribution in [0.15, 0.2) is 30.5 Å². The molecule has 1 N–H and O–H groups in total. The summed E-state index contributed by atoms with van der Waals surface area (Å²) in [5.41, 5.74) is 1.26. The molecule has 2 aromatic rings. The summed E-state index contributed by atoms with van der Waals surface area (Å²) in [6.45, 7) is 14.9. The molecule has 5 nitrogen and oxygen atoms in total. The lowest BCUT2D eigenvalue weighted by atomic mass is 9.83. The number of nitrogens with zero attached hydrogens (tertiary/aromatic N) is 2. The van der Waals surface area contributed by atoms with Crippen LogP contribution < -0.4 is 0 Å². The van der Waals surface area contributed by atoms with Gasteiger partial charge in [0.15, 0.2) is 8.24 Å². The first-order chi connectivity index (χ1) is 13.0. The molecule has 0 radical (unpaired) electrons. The lowest BCUT2D eigenvalue weighted by Gasteiger charge is -2.39. The van der Waals surface area contributed by atoms with E-state index in [4.69, 9.17) is 4.74 Å². The van der Waals surface area contributed by atoms with Crippen LogP contribution in [0.3, 0.4) is 0 Å². The zero-order valence-corrected chi connectivity index (χ0v) is 19.1. The smallest absolute Gasteiger partial charge is 0.409 e. The highest BCUT2D eigenvalue weighted by Gasteiger charge is 2.40. The molecule has 0 saturated carbocycles. The van der Waals surface area contributed by atoms with Gasteiger partial charge in [-0.1, -0.05) is 46.0 Å². The molecule has 1 fully saturated rings. The molecule has 0 bridgehead atoms. The minimum Gasteiger partial charge on any atom is -0.450 e. The molecular formula is C22H34N2O3Si. The van der Waals surface area contributed by atoms with E-state index in [0.29, 0.717) is 32.5 Å². The van der Waals surface area contributed by atoms with Crippen LogP contribution in [0, 0.1) is 0 Å². The van der Waals surface area contributed by atoms with Gasteiger partial charge in [0, 0.05) is 24.0 Å². The van der Waals surface area contributed by atoms with Crippen LogP contribution in [0.5, 0.6) is 0 Å². The van der Waals surface area contributed by atoms with Crippen molar-refractivity contribution in [1.29, 1.82) is 0 Å². The molecule has 154 valence electrons. The van der Waals surface area contributed by atoms with Crippen molar-refractivity contribution in [2.45, 2.75) is 64.3 Å². The van der Waals surface area contributed by atoms with Crippen molar-refractivity contribution >= 4 is 25.2 Å². The van der Waals surface area contributed by atoms with Crippen molar-refractivity contribution in [3.05, 3.63) is 36.0 Å². The van der Waals surface area contributed by atoms with Crippen LogP contribution in [-0.4, -0.2) is 48.3 Å². The van der Waals surface area contributed by atoms with Gasteiger partial charge in [0.05, 0.1) is 12.2 Å². The first kappa shape index (κ1) is 20.9. The Morgan fingerprint density at radius 3 is 2.43 bits per heavy atom. The molecule has 1 aliphatic heterocycles. The van der Waals surface area contributed by atoms with Crippen LogP contribution in [-0.2, 0) is 10.3 Å². The van der Waals surface area contributed by atoms with Gasteiger partial charge in [0.1, 0.15) is 0 Å². The fourth-order valence-corrected chi connectivity index (χ4v) is 5.93. The van der Waals surface area contributed by atoms with Gasteiger partial charge < -0.3 is 19.0 Å². The maximum absolute atomic E-state index is 12.0. The first-order valence-corrected chi connectivity index (χ1v) is 13.2. The normalized spacial score (nSPS) is 17.8. The average Bonchev–Trinajstić information content (AvgIpc) is 3.06. The van der Waals surface area contributed by atoms with Crippen LogP contribution in [0.4, 0.5) is 4.79 Å². The van der Waals surface area contributed by atoms with Gasteiger partial charge in [-0.05, 0) is 48.7 Å². The Balaban J connectivity index is 1.94. The minimum absolute atomic E-state index is 0.219. The molecule has 1 amide bonds. The summed E-state index contributed by atoms with van der Waals surface area (Å²) in [7, 11) is -1.76. The van der Waals surface area contributed by atoms with Gasteiger partial charge in [-0.15, -0.1) is 0 Å². The Kier molecular flexibility index (Phi) is 5.40. The number of fused-ring (bicyclic) bond motifs is 1. The maximum Gasteiger partial charge on any atom is 0.409 e. The van der Waals surface area contributed by atoms with E-state index in [0.717, 1.165) is 10.9 Å². The van der Waals surface area contributed by atoms with Gasteiger partial charge in [0.2, 0.25) is 0 Å². The molecule has 1 aliphatic rings. The van der Waals surface area contributed by atoms with E-state index in [-0.39, 0.29) is 11.1 Å². The molecule has 0 spiro atoms. The van der Waals surface area contributed by atoms with Crippen molar-refractivity contribution in [2.75, 3.05) is 19.7 Å². The van der Waals surface area contributed by atoms with Crippen molar-refractivity contribution in [1.82, 2.24) is 9.13 Å². The molecule has 0 aliphatic carbocycles. The monoisotopic (exact) mass is 402 g/mol. The van der Waals surface area contributed by atoms with E-state index in [1.54, 1.807) is 4.90 Å². The number of aliphatic hydroxyl groups is 1. The summed E-state index contributed by atoms with van der Waals surface area (Å²) in [5, 5.41) is 12.8. The molecule has 6 heteroatoms. The Hall–Kier alpha value is -1.79. The molecule has 2 heterocycles. The van der Waals surface area contributed by atoms with Crippen molar-refractivity contribution in [2.24, 2.45) is 0 Å². The Bertz CT molecular complexity index is 858. The third kappa shape index (κ3) is 3.48. The minimum atomic E-state index is -1.76. The highest BCUT2D eigenvalue weighted by Crippen LogP contribution is 2.42. The van der Waals surface area contributed by atoms with Gasteiger partial charge >= 0.3 is 6.09 Å². The molecule has 1 aromatic heterocycles. The number of hydrogen-bond acceptors (Lipinski definition) is 3. The predicted octanol–water partition coefficient (Wildman–Crippen LogP) is 4.93. The number of rotatable bonds is 3. The average molecular weight is 403 g/mol. The second-order valence-electron chi connectivity index (χ2n) is 9.45. The zero-order chi connectivity index (χ0) is 20.7. The summed E-state index contributed by atoms with van der Waals surface area (Å²) in [6, 6.07) is 8.41. The van der Waals surface area contributed by atoms with Crippen LogP contribution in [0.25, 0.3) is 10.9 Å². The van der Waals surface area contributed by atoms with Gasteiger partial charge in [-0.25, -0.2) is 4.79 Å². The van der Waals surface area contributed by atoms with Crippen molar-refractivity contribution in [3.8, 4) is 0 Å². The first-order valence-electron chi connectivity index (χ1n) is 10.3. The number of benzene rings is 1. The van der Waals surface area contributed by atoms with Crippen molar-refractivity contribution in [3.63, 3.8) is 0 Å². The summed E-state index contributed by atoms with van der Waals surface area (Å²) >= 11 is 0. The Labute approximate surface area is 169 Å². The lowest BCUT2D eigenvalue weighted by Crippen LogP contribution is -2.45. The fourth-order valence-electron chi connectivity index (χ4n) is 3.97. The molecular weight excluding hydrogens is 368 g/mol. The molecule has 28 heavy (non-hydrogen) atoms. The van der Waals surface area contributed by atoms with E-state index in [1.807, 2.05) is 13.0 Å². The highest BCUT2D eigenvalue weighted by atomic mass is 28.3. The van der Waals surface area contributed by atoms with E-state index < -0.39 is 13.8 Å². The molecule has 1 saturated heterocycles. The molecule has 1 aromatic carbocycles. The Morgan fingerprint density at radius 1 is 1.21 bits per heavy atom. The quantitative estimate of drug-likeness (QED) is 0.740. The van der Waals surface area contributed by atoms with E-state index in [1.165, 1.54) is 5.52 Å². The number of aromatic nitrogens is 1. The lowest BCUT2D eigenvalue weighted by molar-refractivity contribution is -0.0232. The van der Waals surface area contributed by atoms with Gasteiger partial charge in [-0.2, -0.15) is 0 Å². The molecule has 0 unspecified atom stereocenters. The van der Waals surface area contributed by atoms with Crippen molar-refractivity contribution < 1.29 is 14.6 Å². The fraction of sp³-hybridized carbons (Fsp3) is 0.591. The Morgan fingerprint density at radius 2 is 1.86 bits per heavy atom. The van der Waals surface area contributed by atoms with Gasteiger partial charge in [0.25, 0.3) is 0 Å². The largest absolute Gasteiger partial charge is 0.450 e. The molecule has 3 rings (SSSR count). The summed E-state index contributed by atoms with van der Waals surface area (Å²) in [6.07, 6.45) is 2.96. The zero-order valence-electron chi connectivity index (χ0n) is 18.1. The number of likely N-dealkylation sites (tertiary alicyclic amines) is 1. The third-order valence-electron chi connectivity index (χ3n) is 6.79. The number of carbonyl (C=O) groups is 1. The topological polar surface area (TPSA) is 54.7 Å². The molecule has 0 atom stereocenters. The maximum atomic E-state index is 12.0. The van der Waals surface area contributed by atoms with E-state index >= 15 is 0 Å². The second-order valence-corrected chi connectivity index (χ2v) is 14.6. The summed E-state index contributed by atoms with van der Waals surface area (Å²) in [5.74, 6) is 0. The number of carbonyl (C=O) groups excluding carboxylic acids is 1. The second kappa shape index (κ2) is 7.23. The van der Waals surface area contributed by atoms with Crippen LogP contribution in [0.1, 0.15) is 46.1 Å². The number of ether oxygens (including phenoxy) is 1. The predicted molar refractivity (Wildman–Crippen MR) is 116 cm³/mol. The van der Waals surface area contributed by atoms with E-state index in [2.05, 4.69) is 62.5 Å². The van der Waals surface area contributed by atoms with Gasteiger partial charge in [-0.3, -0.25) is 0 Å². The summed E-state index contributed by atoms with van der Waals surface area (Å²) in [4.78, 5) is 13.7. The van der Waals surface area contributed by atoms with Crippen LogP contribution in [0.2, 0.25) is 18.1 Å². The highest BCUT2D eigenvalue weighted by molar-refractivity contribution is 6.79. The SMILES string of the molecule is CCOC(=O)N1CCC(O)(c2cccc3c2ccn3[Si](C)(C)C(C)(C)C)CC1. The number of piperidine rings is 1. The number of hydrogen-bond donors (Lipinski definition) is 1. The third-order valence-corrected chi connectivity index (χ3v) is 12.1. The standard InChI is InChI=1S/C22H34N2O3Si/c1-7-27-20(25)23-15-12-22(26,13-16-23)18-9-8-10-19-17(18)11-14-24(19)28(5,6)21(2,3)4/h8-11,14,26H,7,12-13,15-16H2,1-6H3. The summed E-state index contributed by atoms with van der Waals surface area (Å²) < 4.78 is 7.57. The number of amides is 1. The van der Waals surface area contributed by atoms with E-state index in [9.17, 15) is 9.90 Å².